The fourth-order valence-electron chi connectivity index (χ4n) is 1.40. The van der Waals surface area contributed by atoms with Crippen molar-refractivity contribution in [1.82, 2.24) is 4.98 Å². The van der Waals surface area contributed by atoms with Crippen LogP contribution in [0.3, 0.4) is 0 Å². The number of nitrogens with two attached hydrogens (primary N) is 1. The number of aromatic nitrogens is 1. The Bertz CT molecular complexity index is 597. The van der Waals surface area contributed by atoms with Crippen molar-refractivity contribution in [3.63, 3.8) is 0 Å². The maximum Gasteiger partial charge on any atom is 0.337 e. The Hall–Kier alpha value is -1.82. The van der Waals surface area contributed by atoms with E-state index in [4.69, 9.17) is 10.9 Å². The van der Waals surface area contributed by atoms with E-state index in [-0.39, 0.29) is 5.56 Å². The summed E-state index contributed by atoms with van der Waals surface area (Å²) in [6.07, 6.45) is 0. The van der Waals surface area contributed by atoms with Crippen molar-refractivity contribution < 1.29 is 9.90 Å². The number of aromatic carboxylic acids is 1. The first kappa shape index (κ1) is 9.72. The van der Waals surface area contributed by atoms with Crippen LogP contribution < -0.4 is 10.6 Å². The summed E-state index contributed by atoms with van der Waals surface area (Å²) in [6, 6.07) is 3.35. The fraction of sp³-hybridized carbons (Fsp3) is 0.111. The molecule has 0 radical (unpaired) electrons. The van der Waals surface area contributed by atoms with Crippen molar-refractivity contribution in [3.05, 3.63) is 28.1 Å². The predicted molar refractivity (Wildman–Crippen MR) is 57.6 cm³/mol. The number of hydrogen-bond donors (Lipinski definition) is 3. The van der Waals surface area contributed by atoms with Crippen molar-refractivity contribution in [2.45, 2.75) is 6.92 Å². The highest BCUT2D eigenvalue weighted by Gasteiger charge is 2.12. The van der Waals surface area contributed by atoms with Crippen molar-refractivity contribution >= 4 is 27.5 Å². The van der Waals surface area contributed by atoms with Crippen molar-refractivity contribution in [2.75, 3.05) is 0 Å². The molecule has 1 heterocycles. The van der Waals surface area contributed by atoms with Crippen LogP contribution in [-0.2, 0) is 0 Å². The third-order valence-electron chi connectivity index (χ3n) is 2.14. The number of aromatic amines is 1. The average molecular weight is 223 g/mol. The van der Waals surface area contributed by atoms with Gasteiger partial charge in [0.1, 0.15) is 0 Å². The quantitative estimate of drug-likeness (QED) is 0.497. The van der Waals surface area contributed by atoms with Crippen LogP contribution in [0.15, 0.2) is 17.2 Å². The molecule has 0 bridgehead atoms. The van der Waals surface area contributed by atoms with Gasteiger partial charge < -0.3 is 15.9 Å². The van der Waals surface area contributed by atoms with Crippen molar-refractivity contribution in [2.24, 2.45) is 10.9 Å². The van der Waals surface area contributed by atoms with Gasteiger partial charge in [0.2, 0.25) is 4.80 Å². The summed E-state index contributed by atoms with van der Waals surface area (Å²) in [5, 5.41) is 12.5. The van der Waals surface area contributed by atoms with E-state index in [1.807, 2.05) is 6.92 Å². The lowest BCUT2D eigenvalue weighted by Crippen LogP contribution is -2.01. The van der Waals surface area contributed by atoms with Gasteiger partial charge in [0.25, 0.3) is 0 Å². The maximum absolute atomic E-state index is 11.0. The van der Waals surface area contributed by atoms with E-state index in [1.54, 1.807) is 12.1 Å². The Morgan fingerprint density at radius 3 is 2.93 bits per heavy atom. The largest absolute Gasteiger partial charge is 0.478 e. The topological polar surface area (TPSA) is 91.5 Å². The zero-order valence-corrected chi connectivity index (χ0v) is 8.76. The molecule has 0 spiro atoms. The molecule has 0 unspecified atom stereocenters. The van der Waals surface area contributed by atoms with Crippen LogP contribution in [0.25, 0.3) is 10.2 Å². The van der Waals surface area contributed by atoms with Gasteiger partial charge in [-0.1, -0.05) is 17.4 Å². The normalized spacial score (nSPS) is 12.2. The summed E-state index contributed by atoms with van der Waals surface area (Å²) < 4.78 is 0.673. The Morgan fingerprint density at radius 2 is 2.33 bits per heavy atom. The standard InChI is InChI=1S/C9H9N3O2S/c1-4-2-3-5(8(13)14)7-6(4)11-9(12-10)15-7/h2-3H,10H2,1H3,(H,11,12)(H,13,14). The summed E-state index contributed by atoms with van der Waals surface area (Å²) in [5.74, 6) is 4.20. The smallest absolute Gasteiger partial charge is 0.337 e. The lowest BCUT2D eigenvalue weighted by molar-refractivity contribution is 0.0699. The number of benzene rings is 1. The number of carboxylic acids is 1. The molecule has 0 saturated carbocycles. The SMILES string of the molecule is Cc1ccc(C(=O)O)c2s/c(=N/N)[nH]c12. The highest BCUT2D eigenvalue weighted by molar-refractivity contribution is 7.16. The molecule has 1 aromatic heterocycles. The van der Waals surface area contributed by atoms with Gasteiger partial charge in [0, 0.05) is 0 Å². The third-order valence-corrected chi connectivity index (χ3v) is 3.17. The van der Waals surface area contributed by atoms with Crippen LogP contribution in [0.5, 0.6) is 0 Å². The molecule has 2 aromatic rings. The van der Waals surface area contributed by atoms with Gasteiger partial charge in [-0.05, 0) is 18.6 Å². The molecule has 2 rings (SSSR count). The summed E-state index contributed by atoms with van der Waals surface area (Å²) in [7, 11) is 0. The monoisotopic (exact) mass is 223 g/mol. The number of nitrogens with one attached hydrogen (secondary N) is 1. The fourth-order valence-corrected chi connectivity index (χ4v) is 2.38. The summed E-state index contributed by atoms with van der Waals surface area (Å²) >= 11 is 1.24. The minimum Gasteiger partial charge on any atom is -0.478 e. The highest BCUT2D eigenvalue weighted by atomic mass is 32.1. The average Bonchev–Trinajstić information content (AvgIpc) is 2.62. The Kier molecular flexibility index (Phi) is 2.20. The van der Waals surface area contributed by atoms with E-state index in [9.17, 15) is 4.79 Å². The Balaban J connectivity index is 2.92. The van der Waals surface area contributed by atoms with E-state index in [1.165, 1.54) is 11.3 Å². The molecular weight excluding hydrogens is 214 g/mol. The molecule has 78 valence electrons. The zero-order chi connectivity index (χ0) is 11.0. The summed E-state index contributed by atoms with van der Waals surface area (Å²) in [4.78, 5) is 14.4. The van der Waals surface area contributed by atoms with Crippen LogP contribution in [0, 0.1) is 6.92 Å². The molecule has 0 atom stereocenters. The maximum atomic E-state index is 11.0. The highest BCUT2D eigenvalue weighted by Crippen LogP contribution is 2.22. The van der Waals surface area contributed by atoms with E-state index < -0.39 is 5.97 Å². The minimum atomic E-state index is -0.946. The summed E-state index contributed by atoms with van der Waals surface area (Å²) in [6.45, 7) is 1.90. The van der Waals surface area contributed by atoms with E-state index in [0.717, 1.165) is 11.1 Å². The van der Waals surface area contributed by atoms with Crippen molar-refractivity contribution in [3.8, 4) is 0 Å². The van der Waals surface area contributed by atoms with Crippen LogP contribution in [-0.4, -0.2) is 16.1 Å². The van der Waals surface area contributed by atoms with Gasteiger partial charge in [-0.15, -0.1) is 0 Å². The second-order valence-electron chi connectivity index (χ2n) is 3.10. The van der Waals surface area contributed by atoms with E-state index in [0.29, 0.717) is 9.50 Å². The molecule has 0 saturated heterocycles. The van der Waals surface area contributed by atoms with Crippen LogP contribution >= 0.6 is 11.3 Å². The third kappa shape index (κ3) is 1.48. The molecular formula is C9H9N3O2S. The number of aryl methyl sites for hydroxylation is 1. The molecule has 1 aromatic carbocycles. The van der Waals surface area contributed by atoms with Gasteiger partial charge >= 0.3 is 5.97 Å². The molecule has 5 nitrogen and oxygen atoms in total. The van der Waals surface area contributed by atoms with Crippen LogP contribution in [0.4, 0.5) is 0 Å². The summed E-state index contributed by atoms with van der Waals surface area (Å²) in [5.41, 5.74) is 2.03. The number of carboxylic acid groups (broad SMARTS) is 1. The van der Waals surface area contributed by atoms with Gasteiger partial charge in [-0.3, -0.25) is 0 Å². The molecule has 15 heavy (non-hydrogen) atoms. The predicted octanol–water partition coefficient (Wildman–Crippen LogP) is 1.01. The molecule has 0 aliphatic rings. The number of carbonyl (C=O) groups is 1. The minimum absolute atomic E-state index is 0.270. The second-order valence-corrected chi connectivity index (χ2v) is 4.10. The molecule has 4 N–H and O–H groups in total. The number of nitrogens with zero attached hydrogens (tertiary/aromatic N) is 1. The lowest BCUT2D eigenvalue weighted by Gasteiger charge is -1.98. The number of rotatable bonds is 1. The first-order chi connectivity index (χ1) is 7.13. The second kappa shape index (κ2) is 3.39. The lowest BCUT2D eigenvalue weighted by atomic mass is 10.1. The van der Waals surface area contributed by atoms with Gasteiger partial charge in [-0.25, -0.2) is 4.79 Å². The van der Waals surface area contributed by atoms with Crippen LogP contribution in [0.1, 0.15) is 15.9 Å². The van der Waals surface area contributed by atoms with Gasteiger partial charge in [0.15, 0.2) is 0 Å². The van der Waals surface area contributed by atoms with E-state index in [2.05, 4.69) is 10.1 Å². The molecule has 0 aliphatic carbocycles. The first-order valence-electron chi connectivity index (χ1n) is 4.23. The van der Waals surface area contributed by atoms with Crippen molar-refractivity contribution in [1.29, 1.82) is 0 Å². The molecule has 0 fully saturated rings. The molecule has 6 heteroatoms. The van der Waals surface area contributed by atoms with Gasteiger partial charge in [-0.2, -0.15) is 5.10 Å². The molecule has 0 amide bonds. The van der Waals surface area contributed by atoms with Gasteiger partial charge in [0.05, 0.1) is 15.8 Å². The number of hydrogen-bond acceptors (Lipinski definition) is 4. The Morgan fingerprint density at radius 1 is 1.60 bits per heavy atom. The number of H-pyrrole nitrogens is 1. The van der Waals surface area contributed by atoms with E-state index >= 15 is 0 Å². The number of fused-ring (bicyclic) bond motifs is 1. The zero-order valence-electron chi connectivity index (χ0n) is 7.94. The Labute approximate surface area is 88.9 Å². The first-order valence-corrected chi connectivity index (χ1v) is 5.04. The molecule has 0 aliphatic heterocycles. The number of thiazole rings is 1. The van der Waals surface area contributed by atoms with Crippen LogP contribution in [0.2, 0.25) is 0 Å².